The van der Waals surface area contributed by atoms with Gasteiger partial charge in [0.2, 0.25) is 0 Å². The molecule has 27 heavy (non-hydrogen) atoms. The number of hydrazone groups is 1. The van der Waals surface area contributed by atoms with Crippen LogP contribution in [0.1, 0.15) is 16.1 Å². The molecule has 0 radical (unpaired) electrons. The average Bonchev–Trinajstić information content (AvgIpc) is 3.18. The minimum atomic E-state index is -0.464. The van der Waals surface area contributed by atoms with Crippen LogP contribution in [0.25, 0.3) is 11.3 Å². The predicted octanol–water partition coefficient (Wildman–Crippen LogP) is 3.00. The van der Waals surface area contributed by atoms with Gasteiger partial charge in [-0.2, -0.15) is 10.2 Å². The lowest BCUT2D eigenvalue weighted by Crippen LogP contribution is -2.18. The summed E-state index contributed by atoms with van der Waals surface area (Å²) in [5, 5.41) is 10.6. The van der Waals surface area contributed by atoms with Gasteiger partial charge in [-0.3, -0.25) is 9.89 Å². The van der Waals surface area contributed by atoms with Crippen LogP contribution >= 0.6 is 0 Å². The number of methoxy groups -OCH3 is 2. The zero-order valence-corrected chi connectivity index (χ0v) is 14.7. The van der Waals surface area contributed by atoms with E-state index < -0.39 is 5.91 Å². The molecule has 2 aromatic carbocycles. The highest BCUT2D eigenvalue weighted by molar-refractivity contribution is 5.94. The standard InChI is InChI=1S/C19H17FN4O3/c1-26-17-5-3-4-13(18(17)27-2)11-21-24-19(25)16-10-15(22-23-16)12-6-8-14(20)9-7-12/h3-11H,1-2H3,(H,22,23)(H,24,25). The largest absolute Gasteiger partial charge is 0.493 e. The quantitative estimate of drug-likeness (QED) is 0.517. The van der Waals surface area contributed by atoms with Crippen LogP contribution in [0, 0.1) is 5.82 Å². The number of nitrogens with zero attached hydrogens (tertiary/aromatic N) is 2. The maximum absolute atomic E-state index is 13.0. The molecule has 7 nitrogen and oxygen atoms in total. The van der Waals surface area contributed by atoms with Crippen molar-refractivity contribution < 1.29 is 18.7 Å². The van der Waals surface area contributed by atoms with Crippen molar-refractivity contribution >= 4 is 12.1 Å². The van der Waals surface area contributed by atoms with Crippen molar-refractivity contribution in [2.45, 2.75) is 0 Å². The highest BCUT2D eigenvalue weighted by Gasteiger charge is 2.11. The summed E-state index contributed by atoms with van der Waals surface area (Å²) in [7, 11) is 3.06. The molecule has 0 spiro atoms. The summed E-state index contributed by atoms with van der Waals surface area (Å²) in [5.74, 6) is 0.270. The number of H-pyrrole nitrogens is 1. The van der Waals surface area contributed by atoms with E-state index in [4.69, 9.17) is 9.47 Å². The van der Waals surface area contributed by atoms with E-state index in [-0.39, 0.29) is 11.5 Å². The molecule has 1 amide bonds. The number of nitrogens with one attached hydrogen (secondary N) is 2. The molecule has 0 unspecified atom stereocenters. The van der Waals surface area contributed by atoms with Crippen molar-refractivity contribution in [3.8, 4) is 22.8 Å². The summed E-state index contributed by atoms with van der Waals surface area (Å²) >= 11 is 0. The Morgan fingerprint density at radius 3 is 2.67 bits per heavy atom. The zero-order valence-electron chi connectivity index (χ0n) is 14.7. The van der Waals surface area contributed by atoms with E-state index in [9.17, 15) is 9.18 Å². The van der Waals surface area contributed by atoms with Crippen LogP contribution in [-0.4, -0.2) is 36.5 Å². The highest BCUT2D eigenvalue weighted by Crippen LogP contribution is 2.29. The Kier molecular flexibility index (Phi) is 5.46. The van der Waals surface area contributed by atoms with Gasteiger partial charge in [0.15, 0.2) is 11.5 Å². The first-order chi connectivity index (χ1) is 13.1. The van der Waals surface area contributed by atoms with Gasteiger partial charge in [-0.25, -0.2) is 9.82 Å². The summed E-state index contributed by atoms with van der Waals surface area (Å²) in [5.41, 5.74) is 4.50. The van der Waals surface area contributed by atoms with Crippen molar-refractivity contribution in [2.75, 3.05) is 14.2 Å². The molecule has 1 aromatic heterocycles. The predicted molar refractivity (Wildman–Crippen MR) is 98.6 cm³/mol. The molecule has 8 heteroatoms. The highest BCUT2D eigenvalue weighted by atomic mass is 19.1. The number of hydrogen-bond acceptors (Lipinski definition) is 5. The summed E-state index contributed by atoms with van der Waals surface area (Å²) < 4.78 is 23.5. The van der Waals surface area contributed by atoms with Gasteiger partial charge in [-0.05, 0) is 42.5 Å². The number of hydrogen-bond donors (Lipinski definition) is 2. The van der Waals surface area contributed by atoms with E-state index in [1.807, 2.05) is 0 Å². The number of aromatic nitrogens is 2. The van der Waals surface area contributed by atoms with Crippen LogP contribution in [0.15, 0.2) is 53.6 Å². The Morgan fingerprint density at radius 2 is 1.96 bits per heavy atom. The molecule has 0 aliphatic heterocycles. The number of ether oxygens (including phenoxy) is 2. The number of amides is 1. The van der Waals surface area contributed by atoms with Crippen molar-refractivity contribution in [3.63, 3.8) is 0 Å². The minimum Gasteiger partial charge on any atom is -0.493 e. The second-order valence-electron chi connectivity index (χ2n) is 5.46. The SMILES string of the molecule is COc1cccc(C=NNC(=O)c2cc(-c3ccc(F)cc3)n[nH]2)c1OC. The van der Waals surface area contributed by atoms with Gasteiger partial charge in [0, 0.05) is 11.1 Å². The molecule has 3 aromatic rings. The van der Waals surface area contributed by atoms with Gasteiger partial charge in [0.25, 0.3) is 5.91 Å². The summed E-state index contributed by atoms with van der Waals surface area (Å²) in [6.45, 7) is 0. The van der Waals surface area contributed by atoms with E-state index in [2.05, 4.69) is 20.7 Å². The molecular formula is C19H17FN4O3. The number of halogens is 1. The molecule has 2 N–H and O–H groups in total. The summed E-state index contributed by atoms with van der Waals surface area (Å²) in [6.07, 6.45) is 1.45. The molecular weight excluding hydrogens is 351 g/mol. The van der Waals surface area contributed by atoms with E-state index in [0.29, 0.717) is 28.3 Å². The fraction of sp³-hybridized carbons (Fsp3) is 0.105. The first-order valence-corrected chi connectivity index (χ1v) is 7.98. The lowest BCUT2D eigenvalue weighted by molar-refractivity contribution is 0.0950. The van der Waals surface area contributed by atoms with Crippen molar-refractivity contribution in [3.05, 3.63) is 65.6 Å². The van der Waals surface area contributed by atoms with Crippen LogP contribution in [0.4, 0.5) is 4.39 Å². The average molecular weight is 368 g/mol. The molecule has 138 valence electrons. The van der Waals surface area contributed by atoms with Crippen LogP contribution in [0.2, 0.25) is 0 Å². The number of para-hydroxylation sites is 1. The Morgan fingerprint density at radius 1 is 1.19 bits per heavy atom. The number of benzene rings is 2. The van der Waals surface area contributed by atoms with Crippen molar-refractivity contribution in [1.29, 1.82) is 0 Å². The monoisotopic (exact) mass is 368 g/mol. The van der Waals surface area contributed by atoms with E-state index in [1.54, 1.807) is 36.4 Å². The molecule has 3 rings (SSSR count). The maximum atomic E-state index is 13.0. The minimum absolute atomic E-state index is 0.226. The molecule has 0 aliphatic rings. The molecule has 0 fully saturated rings. The number of rotatable bonds is 6. The Bertz CT molecular complexity index is 967. The Hall–Kier alpha value is -3.68. The molecule has 1 heterocycles. The first-order valence-electron chi connectivity index (χ1n) is 7.98. The van der Waals surface area contributed by atoms with Gasteiger partial charge in [0.05, 0.1) is 26.1 Å². The Labute approximate surface area is 154 Å². The number of aromatic amines is 1. The maximum Gasteiger partial charge on any atom is 0.289 e. The van der Waals surface area contributed by atoms with E-state index in [1.165, 1.54) is 32.6 Å². The molecule has 0 saturated carbocycles. The van der Waals surface area contributed by atoms with Crippen LogP contribution in [0.5, 0.6) is 11.5 Å². The second-order valence-corrected chi connectivity index (χ2v) is 5.46. The van der Waals surface area contributed by atoms with Gasteiger partial charge in [-0.15, -0.1) is 0 Å². The third kappa shape index (κ3) is 4.12. The molecule has 0 atom stereocenters. The summed E-state index contributed by atoms with van der Waals surface area (Å²) in [6, 6.07) is 12.7. The fourth-order valence-corrected chi connectivity index (χ4v) is 2.44. The van der Waals surface area contributed by atoms with Crippen molar-refractivity contribution in [1.82, 2.24) is 15.6 Å². The van der Waals surface area contributed by atoms with Gasteiger partial charge < -0.3 is 9.47 Å². The van der Waals surface area contributed by atoms with E-state index in [0.717, 1.165) is 0 Å². The number of carbonyl (C=O) groups is 1. The second kappa shape index (κ2) is 8.13. The number of carbonyl (C=O) groups excluding carboxylic acids is 1. The van der Waals surface area contributed by atoms with Gasteiger partial charge in [0.1, 0.15) is 11.5 Å². The lowest BCUT2D eigenvalue weighted by atomic mass is 10.1. The Balaban J connectivity index is 1.70. The lowest BCUT2D eigenvalue weighted by Gasteiger charge is -2.09. The molecule has 0 aliphatic carbocycles. The molecule has 0 bridgehead atoms. The van der Waals surface area contributed by atoms with Gasteiger partial charge in [-0.1, -0.05) is 6.07 Å². The zero-order chi connectivity index (χ0) is 19.2. The third-order valence-corrected chi connectivity index (χ3v) is 3.77. The first kappa shape index (κ1) is 18.1. The smallest absolute Gasteiger partial charge is 0.289 e. The normalized spacial score (nSPS) is 10.8. The van der Waals surface area contributed by atoms with Crippen LogP contribution in [-0.2, 0) is 0 Å². The fourth-order valence-electron chi connectivity index (χ4n) is 2.44. The van der Waals surface area contributed by atoms with Crippen molar-refractivity contribution in [2.24, 2.45) is 5.10 Å². The summed E-state index contributed by atoms with van der Waals surface area (Å²) in [4.78, 5) is 12.2. The van der Waals surface area contributed by atoms with Crippen LogP contribution < -0.4 is 14.9 Å². The molecule has 0 saturated heterocycles. The third-order valence-electron chi connectivity index (χ3n) is 3.77. The topological polar surface area (TPSA) is 88.6 Å². The van der Waals surface area contributed by atoms with Crippen LogP contribution in [0.3, 0.4) is 0 Å². The van der Waals surface area contributed by atoms with E-state index >= 15 is 0 Å². The van der Waals surface area contributed by atoms with Gasteiger partial charge >= 0.3 is 0 Å².